The van der Waals surface area contributed by atoms with Gasteiger partial charge in [0.25, 0.3) is 0 Å². The minimum atomic E-state index is -1.06. The van der Waals surface area contributed by atoms with Crippen molar-refractivity contribution in [2.75, 3.05) is 39.1 Å². The normalized spacial score (nSPS) is 19.9. The number of hydrogen-bond donors (Lipinski definition) is 1. The third kappa shape index (κ3) is 6.43. The van der Waals surface area contributed by atoms with Crippen molar-refractivity contribution in [2.45, 2.75) is 37.0 Å². The number of ether oxygens (including phenoxy) is 1. The zero-order valence-corrected chi connectivity index (χ0v) is 20.5. The molecular weight excluding hydrogens is 451 g/mol. The Hall–Kier alpha value is -2.29. The fourth-order valence-electron chi connectivity index (χ4n) is 4.82. The highest BCUT2D eigenvalue weighted by Gasteiger charge is 2.29. The number of thioether (sulfide) groups is 1. The molecule has 1 aliphatic rings. The van der Waals surface area contributed by atoms with E-state index in [9.17, 15) is 5.11 Å². The molecule has 0 bridgehead atoms. The number of hydrogen-bond acceptors (Lipinski definition) is 7. The van der Waals surface area contributed by atoms with Gasteiger partial charge in [0.1, 0.15) is 11.9 Å². The first-order chi connectivity index (χ1) is 16.7. The van der Waals surface area contributed by atoms with Gasteiger partial charge >= 0.3 is 0 Å². The summed E-state index contributed by atoms with van der Waals surface area (Å²) >= 11 is 1.68. The standard InChI is InChI=1S/C26H33FN4O2S/c1-33-21-5-7-25-23(16-21)22(8-12-28-25)24(27)6-4-19-9-14-31(17-20(19)18-32)13-3-15-34-26-29-10-2-11-30-26/h2,5,7-8,10-12,16,19-20,24,32H,3-4,6,9,13-15,17-18H2,1H3/t19-,20-,24+/m1/s1. The Morgan fingerprint density at radius 1 is 1.18 bits per heavy atom. The molecule has 34 heavy (non-hydrogen) atoms. The number of halogens is 1. The van der Waals surface area contributed by atoms with Gasteiger partial charge in [-0.2, -0.15) is 0 Å². The lowest BCUT2D eigenvalue weighted by Crippen LogP contribution is -2.42. The van der Waals surface area contributed by atoms with Crippen LogP contribution in [-0.4, -0.2) is 64.1 Å². The number of fused-ring (bicyclic) bond motifs is 1. The Morgan fingerprint density at radius 3 is 2.82 bits per heavy atom. The first kappa shape index (κ1) is 24.8. The van der Waals surface area contributed by atoms with E-state index in [-0.39, 0.29) is 12.5 Å². The van der Waals surface area contributed by atoms with Crippen LogP contribution in [0.15, 0.2) is 54.1 Å². The number of benzene rings is 1. The number of nitrogens with zero attached hydrogens (tertiary/aromatic N) is 4. The molecule has 0 spiro atoms. The molecule has 6 nitrogen and oxygen atoms in total. The average molecular weight is 485 g/mol. The van der Waals surface area contributed by atoms with Crippen LogP contribution in [0.2, 0.25) is 0 Å². The van der Waals surface area contributed by atoms with Gasteiger partial charge in [-0.15, -0.1) is 0 Å². The highest BCUT2D eigenvalue weighted by Crippen LogP contribution is 2.35. The molecule has 1 aromatic carbocycles. The maximum absolute atomic E-state index is 15.4. The third-order valence-electron chi connectivity index (χ3n) is 6.71. The molecular formula is C26H33FN4O2S. The summed E-state index contributed by atoms with van der Waals surface area (Å²) in [6.07, 6.45) is 7.42. The smallest absolute Gasteiger partial charge is 0.187 e. The number of aliphatic hydroxyl groups is 1. The summed E-state index contributed by atoms with van der Waals surface area (Å²) in [5.41, 5.74) is 1.45. The van der Waals surface area contributed by atoms with Crippen molar-refractivity contribution in [3.05, 3.63) is 54.5 Å². The Kier molecular flexibility index (Phi) is 9.07. The summed E-state index contributed by atoms with van der Waals surface area (Å²) in [6.45, 7) is 3.03. The number of methoxy groups -OCH3 is 1. The van der Waals surface area contributed by atoms with Crippen molar-refractivity contribution in [1.82, 2.24) is 19.9 Å². The van der Waals surface area contributed by atoms with Crippen molar-refractivity contribution in [3.8, 4) is 5.75 Å². The van der Waals surface area contributed by atoms with Crippen LogP contribution in [0.25, 0.3) is 10.9 Å². The van der Waals surface area contributed by atoms with Gasteiger partial charge in [-0.3, -0.25) is 4.98 Å². The summed E-state index contributed by atoms with van der Waals surface area (Å²) in [5.74, 6) is 2.22. The number of aromatic nitrogens is 3. The van der Waals surface area contributed by atoms with Crippen LogP contribution in [0.1, 0.15) is 37.4 Å². The largest absolute Gasteiger partial charge is 0.497 e. The summed E-state index contributed by atoms with van der Waals surface area (Å²) < 4.78 is 20.7. The lowest BCUT2D eigenvalue weighted by atomic mass is 9.81. The molecule has 3 atom stereocenters. The van der Waals surface area contributed by atoms with E-state index in [0.717, 1.165) is 60.7 Å². The van der Waals surface area contributed by atoms with E-state index in [1.54, 1.807) is 43.5 Å². The molecule has 0 unspecified atom stereocenters. The Balaban J connectivity index is 1.26. The topological polar surface area (TPSA) is 71.4 Å². The van der Waals surface area contributed by atoms with Crippen LogP contribution >= 0.6 is 11.8 Å². The zero-order chi connectivity index (χ0) is 23.8. The van der Waals surface area contributed by atoms with E-state index >= 15 is 4.39 Å². The molecule has 3 aromatic rings. The molecule has 0 aliphatic carbocycles. The summed E-state index contributed by atoms with van der Waals surface area (Å²) in [4.78, 5) is 15.3. The first-order valence-electron chi connectivity index (χ1n) is 12.0. The SMILES string of the molecule is COc1ccc2nccc([C@@H](F)CC[C@@H]3CCN(CCCSc4ncccn4)C[C@@H]3CO)c2c1. The number of piperidine rings is 1. The van der Waals surface area contributed by atoms with Crippen molar-refractivity contribution in [3.63, 3.8) is 0 Å². The number of alkyl halides is 1. The van der Waals surface area contributed by atoms with E-state index in [2.05, 4.69) is 19.9 Å². The fraction of sp³-hybridized carbons (Fsp3) is 0.500. The molecule has 1 aliphatic heterocycles. The zero-order valence-electron chi connectivity index (χ0n) is 19.6. The fourth-order valence-corrected chi connectivity index (χ4v) is 5.55. The first-order valence-corrected chi connectivity index (χ1v) is 13.0. The predicted octanol–water partition coefficient (Wildman–Crippen LogP) is 4.94. The molecule has 4 rings (SSSR count). The van der Waals surface area contributed by atoms with Crippen molar-refractivity contribution in [1.29, 1.82) is 0 Å². The maximum Gasteiger partial charge on any atom is 0.187 e. The second-order valence-electron chi connectivity index (χ2n) is 8.85. The van der Waals surface area contributed by atoms with Crippen LogP contribution in [0.5, 0.6) is 5.75 Å². The quantitative estimate of drug-likeness (QED) is 0.235. The van der Waals surface area contributed by atoms with Gasteiger partial charge < -0.3 is 14.7 Å². The monoisotopic (exact) mass is 484 g/mol. The summed E-state index contributed by atoms with van der Waals surface area (Å²) in [7, 11) is 1.61. The van der Waals surface area contributed by atoms with Crippen molar-refractivity contribution >= 4 is 22.7 Å². The summed E-state index contributed by atoms with van der Waals surface area (Å²) in [6, 6.07) is 9.18. The molecule has 1 N–H and O–H groups in total. The van der Waals surface area contributed by atoms with Crippen LogP contribution < -0.4 is 4.74 Å². The van der Waals surface area contributed by atoms with Crippen LogP contribution in [0.4, 0.5) is 4.39 Å². The van der Waals surface area contributed by atoms with Crippen LogP contribution in [-0.2, 0) is 0 Å². The van der Waals surface area contributed by atoms with E-state index in [1.807, 2.05) is 24.3 Å². The van der Waals surface area contributed by atoms with Crippen LogP contribution in [0, 0.1) is 11.8 Å². The van der Waals surface area contributed by atoms with E-state index in [0.29, 0.717) is 23.7 Å². The van der Waals surface area contributed by atoms with Gasteiger partial charge in [0.2, 0.25) is 0 Å². The lowest BCUT2D eigenvalue weighted by molar-refractivity contribution is 0.0640. The number of aliphatic hydroxyl groups excluding tert-OH is 1. The van der Waals surface area contributed by atoms with Crippen molar-refractivity contribution in [2.24, 2.45) is 11.8 Å². The van der Waals surface area contributed by atoms with Crippen molar-refractivity contribution < 1.29 is 14.2 Å². The predicted molar refractivity (Wildman–Crippen MR) is 134 cm³/mol. The highest BCUT2D eigenvalue weighted by molar-refractivity contribution is 7.99. The molecule has 3 heterocycles. The Labute approximate surface area is 205 Å². The average Bonchev–Trinajstić information content (AvgIpc) is 2.89. The molecule has 0 radical (unpaired) electrons. The molecule has 8 heteroatoms. The second kappa shape index (κ2) is 12.4. The molecule has 2 aromatic heterocycles. The van der Waals surface area contributed by atoms with E-state index in [4.69, 9.17) is 4.74 Å². The molecule has 1 fully saturated rings. The minimum absolute atomic E-state index is 0.153. The maximum atomic E-state index is 15.4. The van der Waals surface area contributed by atoms with Gasteiger partial charge in [0.15, 0.2) is 5.16 Å². The second-order valence-corrected chi connectivity index (χ2v) is 9.92. The van der Waals surface area contributed by atoms with Gasteiger partial charge in [-0.1, -0.05) is 11.8 Å². The highest BCUT2D eigenvalue weighted by atomic mass is 32.2. The number of pyridine rings is 1. The molecule has 182 valence electrons. The van der Waals surface area contributed by atoms with Crippen LogP contribution in [0.3, 0.4) is 0 Å². The van der Waals surface area contributed by atoms with Gasteiger partial charge in [-0.05, 0) is 86.5 Å². The number of likely N-dealkylation sites (tertiary alicyclic amines) is 1. The lowest BCUT2D eigenvalue weighted by Gasteiger charge is -2.38. The molecule has 0 saturated carbocycles. The number of rotatable bonds is 11. The molecule has 0 amide bonds. The van der Waals surface area contributed by atoms with Gasteiger partial charge in [-0.25, -0.2) is 14.4 Å². The Bertz CT molecular complexity index is 1040. The molecule has 1 saturated heterocycles. The third-order valence-corrected chi connectivity index (χ3v) is 7.67. The summed E-state index contributed by atoms with van der Waals surface area (Å²) in [5, 5.41) is 11.6. The van der Waals surface area contributed by atoms with E-state index in [1.165, 1.54) is 0 Å². The Morgan fingerprint density at radius 2 is 2.03 bits per heavy atom. The van der Waals surface area contributed by atoms with E-state index < -0.39 is 6.17 Å². The minimum Gasteiger partial charge on any atom is -0.497 e. The van der Waals surface area contributed by atoms with Gasteiger partial charge in [0, 0.05) is 42.9 Å². The van der Waals surface area contributed by atoms with Gasteiger partial charge in [0.05, 0.1) is 12.6 Å².